The number of carbonyl (C=O) groups excluding carboxylic acids is 1. The lowest BCUT2D eigenvalue weighted by Crippen LogP contribution is -2.22. The van der Waals surface area contributed by atoms with Gasteiger partial charge < -0.3 is 20.5 Å². The van der Waals surface area contributed by atoms with Crippen molar-refractivity contribution in [1.29, 1.82) is 0 Å². The Morgan fingerprint density at radius 2 is 2.00 bits per heavy atom. The lowest BCUT2D eigenvalue weighted by atomic mass is 10.2. The summed E-state index contributed by atoms with van der Waals surface area (Å²) in [5.74, 6) is 1.04. The standard InChI is InChI=1S/C10H11BrN2O3/c11-6-3-8-9(16-2-1-15-8)4-7(6)13-10(14)5-12/h3-4H,1-2,5,12H2,(H,13,14). The average Bonchev–Trinajstić information content (AvgIpc) is 2.30. The molecule has 1 aromatic rings. The van der Waals surface area contributed by atoms with Crippen LogP contribution in [-0.2, 0) is 4.79 Å². The van der Waals surface area contributed by atoms with E-state index in [0.29, 0.717) is 30.4 Å². The highest BCUT2D eigenvalue weighted by Crippen LogP contribution is 2.37. The Kier molecular flexibility index (Phi) is 3.31. The van der Waals surface area contributed by atoms with Gasteiger partial charge in [0.15, 0.2) is 11.5 Å². The zero-order valence-corrected chi connectivity index (χ0v) is 10.0. The van der Waals surface area contributed by atoms with Crippen molar-refractivity contribution < 1.29 is 14.3 Å². The monoisotopic (exact) mass is 286 g/mol. The van der Waals surface area contributed by atoms with E-state index in [1.165, 1.54) is 0 Å². The Balaban J connectivity index is 2.28. The third kappa shape index (κ3) is 2.28. The van der Waals surface area contributed by atoms with Crippen molar-refractivity contribution in [3.8, 4) is 11.5 Å². The molecule has 86 valence electrons. The molecule has 0 saturated heterocycles. The summed E-state index contributed by atoms with van der Waals surface area (Å²) in [5.41, 5.74) is 5.85. The number of hydrogen-bond donors (Lipinski definition) is 2. The average molecular weight is 287 g/mol. The Labute approximate surface area is 101 Å². The first-order valence-corrected chi connectivity index (χ1v) is 5.59. The highest BCUT2D eigenvalue weighted by molar-refractivity contribution is 9.10. The van der Waals surface area contributed by atoms with Crippen LogP contribution in [0.15, 0.2) is 16.6 Å². The van der Waals surface area contributed by atoms with Gasteiger partial charge in [-0.15, -0.1) is 0 Å². The van der Waals surface area contributed by atoms with Crippen molar-refractivity contribution in [2.75, 3.05) is 25.1 Å². The maximum Gasteiger partial charge on any atom is 0.238 e. The molecule has 2 rings (SSSR count). The number of halogens is 1. The number of ether oxygens (including phenoxy) is 2. The summed E-state index contributed by atoms with van der Waals surface area (Å²) in [6, 6.07) is 3.48. The second-order valence-electron chi connectivity index (χ2n) is 3.23. The first kappa shape index (κ1) is 11.2. The number of fused-ring (bicyclic) bond motifs is 1. The minimum Gasteiger partial charge on any atom is -0.486 e. The van der Waals surface area contributed by atoms with Crippen molar-refractivity contribution in [2.45, 2.75) is 0 Å². The SMILES string of the molecule is NCC(=O)Nc1cc2c(cc1Br)OCCO2. The fraction of sp³-hybridized carbons (Fsp3) is 0.300. The van der Waals surface area contributed by atoms with Gasteiger partial charge in [-0.05, 0) is 15.9 Å². The summed E-state index contributed by atoms with van der Waals surface area (Å²) < 4.78 is 11.5. The maximum atomic E-state index is 11.2. The molecular weight excluding hydrogens is 276 g/mol. The highest BCUT2D eigenvalue weighted by atomic mass is 79.9. The van der Waals surface area contributed by atoms with Gasteiger partial charge in [-0.1, -0.05) is 0 Å². The zero-order chi connectivity index (χ0) is 11.5. The van der Waals surface area contributed by atoms with Crippen LogP contribution in [0.3, 0.4) is 0 Å². The van der Waals surface area contributed by atoms with E-state index >= 15 is 0 Å². The van der Waals surface area contributed by atoms with E-state index in [1.54, 1.807) is 12.1 Å². The van der Waals surface area contributed by atoms with Crippen LogP contribution in [-0.4, -0.2) is 25.7 Å². The van der Waals surface area contributed by atoms with Gasteiger partial charge in [0.2, 0.25) is 5.91 Å². The van der Waals surface area contributed by atoms with Crippen molar-refractivity contribution in [1.82, 2.24) is 0 Å². The van der Waals surface area contributed by atoms with Crippen LogP contribution in [0.25, 0.3) is 0 Å². The van der Waals surface area contributed by atoms with Crippen LogP contribution in [0, 0.1) is 0 Å². The van der Waals surface area contributed by atoms with Gasteiger partial charge in [0.05, 0.1) is 12.2 Å². The second-order valence-corrected chi connectivity index (χ2v) is 4.08. The molecule has 1 amide bonds. The van der Waals surface area contributed by atoms with Crippen molar-refractivity contribution in [2.24, 2.45) is 5.73 Å². The molecule has 0 atom stereocenters. The quantitative estimate of drug-likeness (QED) is 0.854. The molecule has 0 fully saturated rings. The van der Waals surface area contributed by atoms with Gasteiger partial charge in [0.25, 0.3) is 0 Å². The van der Waals surface area contributed by atoms with Gasteiger partial charge in [0, 0.05) is 16.6 Å². The van der Waals surface area contributed by atoms with Crippen molar-refractivity contribution in [3.05, 3.63) is 16.6 Å². The molecule has 3 N–H and O–H groups in total. The van der Waals surface area contributed by atoms with Crippen LogP contribution in [0.4, 0.5) is 5.69 Å². The number of hydrogen-bond acceptors (Lipinski definition) is 4. The largest absolute Gasteiger partial charge is 0.486 e. The van der Waals surface area contributed by atoms with Gasteiger partial charge in [0.1, 0.15) is 13.2 Å². The molecule has 5 nitrogen and oxygen atoms in total. The molecule has 0 bridgehead atoms. The van der Waals surface area contributed by atoms with Crippen LogP contribution in [0.2, 0.25) is 0 Å². The molecule has 6 heteroatoms. The fourth-order valence-electron chi connectivity index (χ4n) is 1.36. The molecule has 0 spiro atoms. The molecule has 16 heavy (non-hydrogen) atoms. The molecule has 0 aliphatic carbocycles. The van der Waals surface area contributed by atoms with Gasteiger partial charge >= 0.3 is 0 Å². The molecule has 0 saturated carbocycles. The zero-order valence-electron chi connectivity index (χ0n) is 8.46. The second kappa shape index (κ2) is 4.71. The fourth-order valence-corrected chi connectivity index (χ4v) is 1.78. The van der Waals surface area contributed by atoms with E-state index in [0.717, 1.165) is 4.47 Å². The number of anilines is 1. The predicted octanol–water partition coefficient (Wildman–Crippen LogP) is 1.12. The van der Waals surface area contributed by atoms with E-state index in [4.69, 9.17) is 15.2 Å². The van der Waals surface area contributed by atoms with Crippen molar-refractivity contribution >= 4 is 27.5 Å². The minimum absolute atomic E-state index is 0.0547. The normalized spacial score (nSPS) is 13.4. The van der Waals surface area contributed by atoms with E-state index in [9.17, 15) is 4.79 Å². The Bertz CT molecular complexity index is 423. The van der Waals surface area contributed by atoms with E-state index in [-0.39, 0.29) is 12.5 Å². The van der Waals surface area contributed by atoms with Gasteiger partial charge in [-0.3, -0.25) is 4.79 Å². The Hall–Kier alpha value is -1.27. The number of benzene rings is 1. The predicted molar refractivity (Wildman–Crippen MR) is 62.8 cm³/mol. The number of amides is 1. The lowest BCUT2D eigenvalue weighted by Gasteiger charge is -2.20. The Morgan fingerprint density at radius 1 is 1.38 bits per heavy atom. The lowest BCUT2D eigenvalue weighted by molar-refractivity contribution is -0.114. The first-order chi connectivity index (χ1) is 7.70. The van der Waals surface area contributed by atoms with Crippen LogP contribution in [0.5, 0.6) is 11.5 Å². The third-order valence-corrected chi connectivity index (χ3v) is 2.75. The van der Waals surface area contributed by atoms with Crippen LogP contribution in [0.1, 0.15) is 0 Å². The number of rotatable bonds is 2. The number of carbonyl (C=O) groups is 1. The number of nitrogens with one attached hydrogen (secondary N) is 1. The molecule has 1 heterocycles. The molecule has 0 unspecified atom stereocenters. The van der Waals surface area contributed by atoms with E-state index in [1.807, 2.05) is 0 Å². The topological polar surface area (TPSA) is 73.6 Å². The minimum atomic E-state index is -0.252. The third-order valence-electron chi connectivity index (χ3n) is 2.09. The maximum absolute atomic E-state index is 11.2. The van der Waals surface area contributed by atoms with Gasteiger partial charge in [-0.2, -0.15) is 0 Å². The molecule has 1 aliphatic rings. The smallest absolute Gasteiger partial charge is 0.238 e. The molecule has 0 aromatic heterocycles. The summed E-state index contributed by atoms with van der Waals surface area (Å²) in [7, 11) is 0. The van der Waals surface area contributed by atoms with E-state index in [2.05, 4.69) is 21.2 Å². The summed E-state index contributed by atoms with van der Waals surface area (Å²) in [6.07, 6.45) is 0. The van der Waals surface area contributed by atoms with Crippen LogP contribution >= 0.6 is 15.9 Å². The van der Waals surface area contributed by atoms with E-state index < -0.39 is 0 Å². The summed E-state index contributed by atoms with van der Waals surface area (Å²) >= 11 is 3.34. The summed E-state index contributed by atoms with van der Waals surface area (Å²) in [5, 5.41) is 2.66. The summed E-state index contributed by atoms with van der Waals surface area (Å²) in [4.78, 5) is 11.2. The van der Waals surface area contributed by atoms with Gasteiger partial charge in [-0.25, -0.2) is 0 Å². The van der Waals surface area contributed by atoms with Crippen LogP contribution < -0.4 is 20.5 Å². The molecule has 1 aliphatic heterocycles. The molecule has 1 aromatic carbocycles. The molecule has 0 radical (unpaired) electrons. The summed E-state index contributed by atoms with van der Waals surface area (Å²) in [6.45, 7) is 0.994. The Morgan fingerprint density at radius 3 is 2.62 bits per heavy atom. The highest BCUT2D eigenvalue weighted by Gasteiger charge is 2.15. The molecular formula is C10H11BrN2O3. The first-order valence-electron chi connectivity index (χ1n) is 4.80. The van der Waals surface area contributed by atoms with Crippen molar-refractivity contribution in [3.63, 3.8) is 0 Å². The number of nitrogens with two attached hydrogens (primary N) is 1.